The number of furan rings is 1. The molecule has 8 heteroatoms. The minimum atomic E-state index is -1.12. The van der Waals surface area contributed by atoms with Gasteiger partial charge in [0.25, 0.3) is 11.8 Å². The van der Waals surface area contributed by atoms with E-state index in [2.05, 4.69) is 0 Å². The van der Waals surface area contributed by atoms with Gasteiger partial charge in [0.15, 0.2) is 11.6 Å². The van der Waals surface area contributed by atoms with Gasteiger partial charge in [0.1, 0.15) is 5.76 Å². The molecule has 0 spiro atoms. The molecule has 0 N–H and O–H groups in total. The van der Waals surface area contributed by atoms with E-state index in [9.17, 15) is 18.4 Å². The summed E-state index contributed by atoms with van der Waals surface area (Å²) in [5.74, 6) is -2.27. The topological polar surface area (TPSA) is 50.5 Å². The fourth-order valence-electron chi connectivity index (χ4n) is 2.68. The SMILES string of the molecule is O=C1C(SCc2ccco2)=C(c2cccs2)C(=O)N1c1ccc(F)c(F)c1. The Hall–Kier alpha value is -2.71. The first-order valence-corrected chi connectivity index (χ1v) is 9.70. The van der Waals surface area contributed by atoms with Crippen molar-refractivity contribution < 1.29 is 22.8 Å². The van der Waals surface area contributed by atoms with Gasteiger partial charge >= 0.3 is 0 Å². The van der Waals surface area contributed by atoms with Gasteiger partial charge in [0.05, 0.1) is 28.2 Å². The molecule has 1 aliphatic rings. The maximum Gasteiger partial charge on any atom is 0.272 e. The van der Waals surface area contributed by atoms with E-state index in [-0.39, 0.29) is 16.2 Å². The number of amides is 2. The fourth-order valence-corrected chi connectivity index (χ4v) is 4.52. The molecule has 1 aromatic carbocycles. The lowest BCUT2D eigenvalue weighted by atomic mass is 10.2. The minimum absolute atomic E-state index is 0.00782. The van der Waals surface area contributed by atoms with Crippen LogP contribution in [0.15, 0.2) is 63.4 Å². The highest BCUT2D eigenvalue weighted by Gasteiger charge is 2.40. The zero-order chi connectivity index (χ0) is 19.0. The van der Waals surface area contributed by atoms with Crippen molar-refractivity contribution in [3.8, 4) is 0 Å². The molecule has 0 fully saturated rings. The molecule has 2 amide bonds. The number of rotatable bonds is 5. The number of hydrogen-bond acceptors (Lipinski definition) is 5. The van der Waals surface area contributed by atoms with Crippen molar-refractivity contribution in [2.75, 3.05) is 4.90 Å². The molecule has 3 heterocycles. The summed E-state index contributed by atoms with van der Waals surface area (Å²) in [5.41, 5.74) is 0.253. The van der Waals surface area contributed by atoms with Gasteiger partial charge in [-0.2, -0.15) is 0 Å². The molecule has 0 saturated heterocycles. The molecule has 0 saturated carbocycles. The highest BCUT2D eigenvalue weighted by atomic mass is 32.2. The second-order valence-corrected chi connectivity index (χ2v) is 7.53. The summed E-state index contributed by atoms with van der Waals surface area (Å²) in [7, 11) is 0. The van der Waals surface area contributed by atoms with E-state index in [0.717, 1.165) is 17.0 Å². The normalized spacial score (nSPS) is 14.5. The summed E-state index contributed by atoms with van der Waals surface area (Å²) in [6.07, 6.45) is 1.53. The Kier molecular flexibility index (Phi) is 4.67. The standard InChI is InChI=1S/C19H11F2NO3S2/c20-13-6-5-11(9-14(13)21)22-18(23)16(15-4-2-8-26-15)17(19(22)24)27-10-12-3-1-7-25-12/h1-9H,10H2. The number of halogens is 2. The maximum absolute atomic E-state index is 13.6. The van der Waals surface area contributed by atoms with Crippen LogP contribution in [0.3, 0.4) is 0 Å². The zero-order valence-corrected chi connectivity index (χ0v) is 15.3. The van der Waals surface area contributed by atoms with Gasteiger partial charge in [-0.3, -0.25) is 9.59 Å². The van der Waals surface area contributed by atoms with Gasteiger partial charge in [-0.25, -0.2) is 13.7 Å². The van der Waals surface area contributed by atoms with E-state index < -0.39 is 23.4 Å². The van der Waals surface area contributed by atoms with Gasteiger partial charge in [0, 0.05) is 10.9 Å². The number of carbonyl (C=O) groups excluding carboxylic acids is 2. The second-order valence-electron chi connectivity index (χ2n) is 5.59. The molecular weight excluding hydrogens is 392 g/mol. The molecule has 4 nitrogen and oxygen atoms in total. The first kappa shape index (κ1) is 17.7. The lowest BCUT2D eigenvalue weighted by Gasteiger charge is -2.15. The summed E-state index contributed by atoms with van der Waals surface area (Å²) in [6.45, 7) is 0. The lowest BCUT2D eigenvalue weighted by Crippen LogP contribution is -2.31. The van der Waals surface area contributed by atoms with Crippen LogP contribution in [0, 0.1) is 11.6 Å². The molecule has 0 aliphatic carbocycles. The van der Waals surface area contributed by atoms with E-state index in [1.165, 1.54) is 35.4 Å². The van der Waals surface area contributed by atoms with Gasteiger partial charge < -0.3 is 4.42 Å². The predicted molar refractivity (Wildman–Crippen MR) is 100 cm³/mol. The molecular formula is C19H11F2NO3S2. The number of nitrogens with zero attached hydrogens (tertiary/aromatic N) is 1. The Labute approximate surface area is 161 Å². The van der Waals surface area contributed by atoms with E-state index in [1.807, 2.05) is 0 Å². The molecule has 4 rings (SSSR count). The highest BCUT2D eigenvalue weighted by molar-refractivity contribution is 8.03. The number of benzene rings is 1. The molecule has 2 aromatic heterocycles. The summed E-state index contributed by atoms with van der Waals surface area (Å²) in [4.78, 5) is 27.7. The molecule has 27 heavy (non-hydrogen) atoms. The second kappa shape index (κ2) is 7.13. The van der Waals surface area contributed by atoms with Gasteiger partial charge in [0.2, 0.25) is 0 Å². The van der Waals surface area contributed by atoms with E-state index in [1.54, 1.807) is 29.6 Å². The van der Waals surface area contributed by atoms with Crippen LogP contribution in [-0.2, 0) is 15.3 Å². The maximum atomic E-state index is 13.6. The molecule has 0 atom stereocenters. The third-order valence-corrected chi connectivity index (χ3v) is 5.89. The van der Waals surface area contributed by atoms with Crippen LogP contribution < -0.4 is 4.90 Å². The number of thiophene rings is 1. The number of carbonyl (C=O) groups is 2. The largest absolute Gasteiger partial charge is 0.468 e. The predicted octanol–water partition coefficient (Wildman–Crippen LogP) is 4.84. The van der Waals surface area contributed by atoms with Crippen LogP contribution in [0.5, 0.6) is 0 Å². The Morgan fingerprint density at radius 2 is 1.89 bits per heavy atom. The van der Waals surface area contributed by atoms with Gasteiger partial charge in [-0.1, -0.05) is 6.07 Å². The summed E-state index contributed by atoms with van der Waals surface area (Å²) in [6, 6.07) is 9.97. The Morgan fingerprint density at radius 1 is 1.04 bits per heavy atom. The first-order chi connectivity index (χ1) is 13.1. The monoisotopic (exact) mass is 403 g/mol. The quantitative estimate of drug-likeness (QED) is 0.572. The number of anilines is 1. The molecule has 1 aliphatic heterocycles. The number of hydrogen-bond donors (Lipinski definition) is 0. The van der Waals surface area contributed by atoms with Crippen LogP contribution in [0.2, 0.25) is 0 Å². The summed E-state index contributed by atoms with van der Waals surface area (Å²) >= 11 is 2.51. The van der Waals surface area contributed by atoms with E-state index in [0.29, 0.717) is 16.4 Å². The van der Waals surface area contributed by atoms with Crippen LogP contribution in [0.1, 0.15) is 10.6 Å². The van der Waals surface area contributed by atoms with Crippen molar-refractivity contribution in [2.45, 2.75) is 5.75 Å². The van der Waals surface area contributed by atoms with Crippen molar-refractivity contribution in [2.24, 2.45) is 0 Å². The zero-order valence-electron chi connectivity index (χ0n) is 13.6. The van der Waals surface area contributed by atoms with Gasteiger partial charge in [-0.05, 0) is 35.7 Å². The third kappa shape index (κ3) is 3.22. The molecule has 0 radical (unpaired) electrons. The Morgan fingerprint density at radius 3 is 2.56 bits per heavy atom. The van der Waals surface area contributed by atoms with Crippen molar-refractivity contribution in [1.82, 2.24) is 0 Å². The molecule has 136 valence electrons. The van der Waals surface area contributed by atoms with E-state index in [4.69, 9.17) is 4.42 Å². The highest BCUT2D eigenvalue weighted by Crippen LogP contribution is 2.41. The molecule has 0 unspecified atom stereocenters. The van der Waals surface area contributed by atoms with Crippen LogP contribution in [0.4, 0.5) is 14.5 Å². The number of thioether (sulfide) groups is 1. The van der Waals surface area contributed by atoms with Crippen LogP contribution in [0.25, 0.3) is 5.57 Å². The van der Waals surface area contributed by atoms with Crippen molar-refractivity contribution in [1.29, 1.82) is 0 Å². The first-order valence-electron chi connectivity index (χ1n) is 7.83. The molecule has 0 bridgehead atoms. The van der Waals surface area contributed by atoms with Gasteiger partial charge in [-0.15, -0.1) is 23.1 Å². The van der Waals surface area contributed by atoms with Crippen molar-refractivity contribution in [3.05, 3.63) is 81.3 Å². The van der Waals surface area contributed by atoms with Crippen molar-refractivity contribution >= 4 is 46.2 Å². The summed E-state index contributed by atoms with van der Waals surface area (Å²) < 4.78 is 32.2. The smallest absolute Gasteiger partial charge is 0.272 e. The Balaban J connectivity index is 1.73. The Bertz CT molecular complexity index is 1040. The van der Waals surface area contributed by atoms with Crippen LogP contribution in [-0.4, -0.2) is 11.8 Å². The average molecular weight is 403 g/mol. The minimum Gasteiger partial charge on any atom is -0.468 e. The van der Waals surface area contributed by atoms with E-state index >= 15 is 0 Å². The van der Waals surface area contributed by atoms with Crippen molar-refractivity contribution in [3.63, 3.8) is 0 Å². The van der Waals surface area contributed by atoms with Crippen LogP contribution >= 0.6 is 23.1 Å². The third-order valence-electron chi connectivity index (χ3n) is 3.91. The number of imide groups is 1. The fraction of sp³-hybridized carbons (Fsp3) is 0.0526. The molecule has 3 aromatic rings. The lowest BCUT2D eigenvalue weighted by molar-refractivity contribution is -0.119. The summed E-state index contributed by atoms with van der Waals surface area (Å²) in [5, 5.41) is 1.80. The average Bonchev–Trinajstić information content (AvgIpc) is 3.38.